The van der Waals surface area contributed by atoms with Gasteiger partial charge in [0.25, 0.3) is 0 Å². The fraction of sp³-hybridized carbons (Fsp3) is 0.250. The number of methoxy groups -OCH3 is 1. The van der Waals surface area contributed by atoms with E-state index in [9.17, 15) is 9.18 Å². The average Bonchev–Trinajstić information content (AvgIpc) is 2.88. The summed E-state index contributed by atoms with van der Waals surface area (Å²) >= 11 is 0. The standard InChI is InChI=1S/C28H27FN2O4/c1-19-10-12-21(13-11-19)26-30-24-15-14-22(29)18-23(24)27(31-26)35-17-7-6-16-34-25(28(32)33-2)20-8-4-3-5-9-20/h3-5,8-15,18,25H,6-7,16-17H2,1-2H3. The molecule has 0 N–H and O–H groups in total. The van der Waals surface area contributed by atoms with Crippen molar-refractivity contribution in [3.8, 4) is 17.3 Å². The van der Waals surface area contributed by atoms with Gasteiger partial charge in [-0.25, -0.2) is 14.2 Å². The highest BCUT2D eigenvalue weighted by Gasteiger charge is 2.21. The van der Waals surface area contributed by atoms with Crippen molar-refractivity contribution in [2.45, 2.75) is 25.9 Å². The quantitative estimate of drug-likeness (QED) is 0.213. The molecule has 0 aliphatic heterocycles. The molecule has 0 bridgehead atoms. The van der Waals surface area contributed by atoms with E-state index in [2.05, 4.69) is 9.97 Å². The third-order valence-electron chi connectivity index (χ3n) is 5.51. The number of aryl methyl sites for hydroxylation is 1. The number of carbonyl (C=O) groups excluding carboxylic acids is 1. The van der Waals surface area contributed by atoms with Crippen molar-refractivity contribution < 1.29 is 23.4 Å². The van der Waals surface area contributed by atoms with Crippen molar-refractivity contribution in [1.82, 2.24) is 9.97 Å². The van der Waals surface area contributed by atoms with Gasteiger partial charge >= 0.3 is 5.97 Å². The van der Waals surface area contributed by atoms with E-state index in [0.717, 1.165) is 16.7 Å². The van der Waals surface area contributed by atoms with Crippen molar-refractivity contribution in [2.75, 3.05) is 20.3 Å². The summed E-state index contributed by atoms with van der Waals surface area (Å²) in [7, 11) is 1.34. The zero-order chi connectivity index (χ0) is 24.6. The van der Waals surface area contributed by atoms with Crippen molar-refractivity contribution in [1.29, 1.82) is 0 Å². The Hall–Kier alpha value is -3.84. The van der Waals surface area contributed by atoms with E-state index in [0.29, 0.717) is 48.7 Å². The van der Waals surface area contributed by atoms with Crippen LogP contribution in [0.25, 0.3) is 22.3 Å². The summed E-state index contributed by atoms with van der Waals surface area (Å²) in [6, 6.07) is 21.5. The summed E-state index contributed by atoms with van der Waals surface area (Å²) < 4.78 is 30.5. The number of esters is 1. The third kappa shape index (κ3) is 6.19. The summed E-state index contributed by atoms with van der Waals surface area (Å²) in [5.41, 5.74) is 3.35. The first-order chi connectivity index (χ1) is 17.0. The van der Waals surface area contributed by atoms with E-state index in [-0.39, 0.29) is 5.82 Å². The van der Waals surface area contributed by atoms with Crippen LogP contribution in [0, 0.1) is 12.7 Å². The number of unbranched alkanes of at least 4 members (excludes halogenated alkanes) is 1. The van der Waals surface area contributed by atoms with Crippen LogP contribution in [-0.4, -0.2) is 36.3 Å². The maximum atomic E-state index is 13.9. The van der Waals surface area contributed by atoms with Gasteiger partial charge in [0, 0.05) is 12.2 Å². The molecule has 0 radical (unpaired) electrons. The number of hydrogen-bond acceptors (Lipinski definition) is 6. The van der Waals surface area contributed by atoms with Crippen LogP contribution in [0.1, 0.15) is 30.1 Å². The van der Waals surface area contributed by atoms with Crippen LogP contribution < -0.4 is 4.74 Å². The first-order valence-corrected chi connectivity index (χ1v) is 11.5. The van der Waals surface area contributed by atoms with Gasteiger partial charge in [-0.05, 0) is 43.5 Å². The van der Waals surface area contributed by atoms with E-state index < -0.39 is 12.1 Å². The van der Waals surface area contributed by atoms with Crippen LogP contribution in [0.15, 0.2) is 72.8 Å². The minimum absolute atomic E-state index is 0.336. The Morgan fingerprint density at radius 1 is 0.943 bits per heavy atom. The Kier molecular flexibility index (Phi) is 8.00. The molecule has 1 atom stereocenters. The van der Waals surface area contributed by atoms with Gasteiger partial charge in [0.1, 0.15) is 5.82 Å². The predicted octanol–water partition coefficient (Wildman–Crippen LogP) is 5.83. The molecule has 1 aromatic heterocycles. The summed E-state index contributed by atoms with van der Waals surface area (Å²) in [4.78, 5) is 21.3. The van der Waals surface area contributed by atoms with E-state index in [1.54, 1.807) is 6.07 Å². The van der Waals surface area contributed by atoms with Gasteiger partial charge in [-0.2, -0.15) is 4.98 Å². The number of fused-ring (bicyclic) bond motifs is 1. The number of halogens is 1. The molecule has 4 rings (SSSR count). The highest BCUT2D eigenvalue weighted by molar-refractivity contribution is 5.85. The number of nitrogens with zero attached hydrogens (tertiary/aromatic N) is 2. The third-order valence-corrected chi connectivity index (χ3v) is 5.51. The number of aromatic nitrogens is 2. The average molecular weight is 475 g/mol. The number of hydrogen-bond donors (Lipinski definition) is 0. The normalized spacial score (nSPS) is 11.9. The van der Waals surface area contributed by atoms with Crippen LogP contribution in [0.3, 0.4) is 0 Å². The molecule has 0 amide bonds. The van der Waals surface area contributed by atoms with Gasteiger partial charge in [-0.3, -0.25) is 0 Å². The van der Waals surface area contributed by atoms with Crippen LogP contribution in [0.2, 0.25) is 0 Å². The lowest BCUT2D eigenvalue weighted by atomic mass is 10.1. The van der Waals surface area contributed by atoms with Crippen molar-refractivity contribution in [3.63, 3.8) is 0 Å². The first-order valence-electron chi connectivity index (χ1n) is 11.5. The van der Waals surface area contributed by atoms with E-state index in [1.165, 1.54) is 19.2 Å². The zero-order valence-corrected chi connectivity index (χ0v) is 19.7. The number of benzene rings is 3. The molecule has 7 heteroatoms. The highest BCUT2D eigenvalue weighted by atomic mass is 19.1. The zero-order valence-electron chi connectivity index (χ0n) is 19.7. The monoisotopic (exact) mass is 474 g/mol. The van der Waals surface area contributed by atoms with Gasteiger partial charge in [-0.15, -0.1) is 0 Å². The van der Waals surface area contributed by atoms with Crippen LogP contribution >= 0.6 is 0 Å². The molecule has 0 saturated carbocycles. The number of ether oxygens (including phenoxy) is 3. The summed E-state index contributed by atoms with van der Waals surface area (Å²) in [6.45, 7) is 2.72. The molecule has 1 heterocycles. The molecule has 0 saturated heterocycles. The Balaban J connectivity index is 1.40. The SMILES string of the molecule is COC(=O)C(OCCCCOc1nc(-c2ccc(C)cc2)nc2ccc(F)cc12)c1ccccc1. The smallest absolute Gasteiger partial charge is 0.339 e. The molecule has 6 nitrogen and oxygen atoms in total. The Bertz CT molecular complexity index is 1280. The fourth-order valence-electron chi connectivity index (χ4n) is 3.62. The van der Waals surface area contributed by atoms with Crippen molar-refractivity contribution in [2.24, 2.45) is 0 Å². The Labute approximate surface area is 203 Å². The largest absolute Gasteiger partial charge is 0.477 e. The van der Waals surface area contributed by atoms with Gasteiger partial charge in [0.2, 0.25) is 5.88 Å². The fourth-order valence-corrected chi connectivity index (χ4v) is 3.62. The lowest BCUT2D eigenvalue weighted by molar-refractivity contribution is -0.154. The molecule has 35 heavy (non-hydrogen) atoms. The van der Waals surface area contributed by atoms with Crippen molar-refractivity contribution >= 4 is 16.9 Å². The van der Waals surface area contributed by atoms with Gasteiger partial charge in [-0.1, -0.05) is 60.2 Å². The van der Waals surface area contributed by atoms with Crippen molar-refractivity contribution in [3.05, 3.63) is 89.7 Å². The van der Waals surface area contributed by atoms with Gasteiger partial charge < -0.3 is 14.2 Å². The molecule has 4 aromatic rings. The number of carbonyl (C=O) groups is 1. The van der Waals surface area contributed by atoms with E-state index in [1.807, 2.05) is 61.5 Å². The van der Waals surface area contributed by atoms with E-state index in [4.69, 9.17) is 14.2 Å². The second-order valence-electron chi connectivity index (χ2n) is 8.12. The molecule has 0 aliphatic carbocycles. The van der Waals surface area contributed by atoms with Gasteiger partial charge in [0.15, 0.2) is 11.9 Å². The lowest BCUT2D eigenvalue weighted by Crippen LogP contribution is -2.18. The Morgan fingerprint density at radius 2 is 1.69 bits per heavy atom. The summed E-state index contributed by atoms with van der Waals surface area (Å²) in [6.07, 6.45) is 0.541. The first kappa shape index (κ1) is 24.3. The second kappa shape index (κ2) is 11.5. The van der Waals surface area contributed by atoms with Crippen LogP contribution in [0.4, 0.5) is 4.39 Å². The molecule has 180 valence electrons. The molecule has 0 fully saturated rings. The molecule has 1 unspecified atom stereocenters. The maximum absolute atomic E-state index is 13.9. The van der Waals surface area contributed by atoms with Crippen LogP contribution in [-0.2, 0) is 14.3 Å². The number of rotatable bonds is 10. The summed E-state index contributed by atoms with van der Waals surface area (Å²) in [5, 5.41) is 0.520. The minimum atomic E-state index is -0.770. The van der Waals surface area contributed by atoms with Gasteiger partial charge in [0.05, 0.1) is 24.6 Å². The molecule has 0 aliphatic rings. The van der Waals surface area contributed by atoms with E-state index >= 15 is 0 Å². The molecule has 0 spiro atoms. The Morgan fingerprint density at radius 3 is 2.43 bits per heavy atom. The topological polar surface area (TPSA) is 70.5 Å². The maximum Gasteiger partial charge on any atom is 0.339 e. The predicted molar refractivity (Wildman–Crippen MR) is 132 cm³/mol. The summed E-state index contributed by atoms with van der Waals surface area (Å²) in [5.74, 6) is 0.0386. The van der Waals surface area contributed by atoms with Crippen LogP contribution in [0.5, 0.6) is 5.88 Å². The highest BCUT2D eigenvalue weighted by Crippen LogP contribution is 2.28. The second-order valence-corrected chi connectivity index (χ2v) is 8.12. The molecule has 3 aromatic carbocycles. The molecular weight excluding hydrogens is 447 g/mol. The lowest BCUT2D eigenvalue weighted by Gasteiger charge is -2.16. The molecular formula is C28H27FN2O4. The minimum Gasteiger partial charge on any atom is -0.477 e.